The van der Waals surface area contributed by atoms with Gasteiger partial charge in [-0.1, -0.05) is 39.0 Å². The number of halogens is 1. The Kier molecular flexibility index (Phi) is 5.77. The van der Waals surface area contributed by atoms with Gasteiger partial charge in [0, 0.05) is 22.7 Å². The number of hydrogen-bond donors (Lipinski definition) is 2. The first-order valence-corrected chi connectivity index (χ1v) is 14.4. The molecule has 42 heavy (non-hydrogen) atoms. The minimum absolute atomic E-state index is 0.0926. The third kappa shape index (κ3) is 3.40. The van der Waals surface area contributed by atoms with Crippen molar-refractivity contribution in [2.45, 2.75) is 51.7 Å². The second-order valence-electron chi connectivity index (χ2n) is 12.9. The molecule has 2 aromatic heterocycles. The molecular weight excluding hydrogens is 539 g/mol. The fourth-order valence-corrected chi connectivity index (χ4v) is 9.12. The molecule has 8 atom stereocenters. The number of fused-ring (bicyclic) bond motifs is 6. The van der Waals surface area contributed by atoms with Crippen LogP contribution < -0.4 is 0 Å². The minimum atomic E-state index is -1.93. The molecule has 0 radical (unpaired) electrons. The van der Waals surface area contributed by atoms with E-state index in [4.69, 9.17) is 9.15 Å². The summed E-state index contributed by atoms with van der Waals surface area (Å²) >= 11 is 0. The van der Waals surface area contributed by atoms with Crippen molar-refractivity contribution in [2.24, 2.45) is 34.5 Å². The topological polar surface area (TPSA) is 115 Å². The van der Waals surface area contributed by atoms with Crippen molar-refractivity contribution < 1.29 is 33.3 Å². The van der Waals surface area contributed by atoms with E-state index >= 15 is 4.39 Å². The van der Waals surface area contributed by atoms with Crippen LogP contribution >= 0.6 is 0 Å². The van der Waals surface area contributed by atoms with Gasteiger partial charge in [-0.05, 0) is 78.7 Å². The SMILES string of the molecule is C[C@@H]1CC2C3C=C(F)C4=Cc5c(cnn5-c5ccccc5)C[C@]4(C)C3[C@@H](O)C[C@]2(C)[C@@]1(OC(=O)c1ccco1)C(=O)O. The number of aliphatic hydroxyl groups is 1. The standard InChI is InChI=1S/C33H33FN2O6/c1-18-12-22-21-13-24(34)23-14-25-19(17-35-36(25)20-8-5-4-6-9-20)15-31(23,2)28(21)26(37)16-32(22,3)33(18,30(39)40)42-29(38)27-10-7-11-41-27/h4-11,13-14,17-18,21-22,26,28,37H,12,15-16H2,1-3H3,(H,39,40)/t18-,21?,22?,26+,28?,31+,32+,33+/m1/s1. The molecule has 0 spiro atoms. The number of carboxylic acid groups (broad SMARTS) is 1. The lowest BCUT2D eigenvalue weighted by molar-refractivity contribution is -0.195. The van der Waals surface area contributed by atoms with Crippen molar-refractivity contribution in [2.75, 3.05) is 0 Å². The van der Waals surface area contributed by atoms with Gasteiger partial charge in [-0.15, -0.1) is 0 Å². The minimum Gasteiger partial charge on any atom is -0.478 e. The Bertz CT molecular complexity index is 1640. The largest absolute Gasteiger partial charge is 0.478 e. The number of carbonyl (C=O) groups is 2. The molecule has 2 saturated carbocycles. The fourth-order valence-electron chi connectivity index (χ4n) is 9.12. The maximum absolute atomic E-state index is 16.3. The lowest BCUT2D eigenvalue weighted by Gasteiger charge is -2.58. The molecule has 4 aliphatic rings. The summed E-state index contributed by atoms with van der Waals surface area (Å²) < 4.78 is 29.2. The van der Waals surface area contributed by atoms with Crippen LogP contribution in [0.3, 0.4) is 0 Å². The summed E-state index contributed by atoms with van der Waals surface area (Å²) in [4.78, 5) is 26.2. The van der Waals surface area contributed by atoms with Gasteiger partial charge in [0.15, 0.2) is 0 Å². The van der Waals surface area contributed by atoms with Crippen LogP contribution in [0, 0.1) is 34.5 Å². The Labute approximate surface area is 242 Å². The van der Waals surface area contributed by atoms with E-state index in [9.17, 15) is 19.8 Å². The zero-order chi connectivity index (χ0) is 29.6. The number of rotatable bonds is 4. The van der Waals surface area contributed by atoms with Crippen LogP contribution in [-0.4, -0.2) is 43.6 Å². The van der Waals surface area contributed by atoms with Gasteiger partial charge in [-0.25, -0.2) is 18.7 Å². The number of nitrogens with zero attached hydrogens (tertiary/aromatic N) is 2. The second-order valence-corrected chi connectivity index (χ2v) is 12.9. The Morgan fingerprint density at radius 3 is 2.62 bits per heavy atom. The van der Waals surface area contributed by atoms with Crippen LogP contribution in [0.1, 0.15) is 55.4 Å². The molecule has 2 fully saturated rings. The molecule has 8 nitrogen and oxygen atoms in total. The summed E-state index contributed by atoms with van der Waals surface area (Å²) in [6, 6.07) is 12.6. The molecule has 0 amide bonds. The van der Waals surface area contributed by atoms with Crippen molar-refractivity contribution in [3.05, 3.63) is 89.4 Å². The van der Waals surface area contributed by atoms with E-state index in [1.165, 1.54) is 18.4 Å². The summed E-state index contributed by atoms with van der Waals surface area (Å²) in [5.41, 5.74) is -0.652. The average molecular weight is 573 g/mol. The van der Waals surface area contributed by atoms with Crippen molar-refractivity contribution in [3.8, 4) is 5.69 Å². The van der Waals surface area contributed by atoms with Crippen LogP contribution in [0.5, 0.6) is 0 Å². The zero-order valence-electron chi connectivity index (χ0n) is 23.7. The van der Waals surface area contributed by atoms with E-state index < -0.39 is 46.3 Å². The molecule has 3 unspecified atom stereocenters. The van der Waals surface area contributed by atoms with Crippen LogP contribution in [0.4, 0.5) is 4.39 Å². The smallest absolute Gasteiger partial charge is 0.375 e. The molecular formula is C33H33FN2O6. The molecule has 2 heterocycles. The predicted octanol–water partition coefficient (Wildman–Crippen LogP) is 5.62. The third-order valence-corrected chi connectivity index (χ3v) is 10.9. The first-order valence-electron chi connectivity index (χ1n) is 14.4. The highest BCUT2D eigenvalue weighted by molar-refractivity contribution is 5.91. The number of aliphatic carboxylic acids is 1. The van der Waals surface area contributed by atoms with E-state index in [0.29, 0.717) is 18.4 Å². The first kappa shape index (κ1) is 26.9. The Morgan fingerprint density at radius 1 is 1.17 bits per heavy atom. The maximum atomic E-state index is 16.3. The lowest BCUT2D eigenvalue weighted by atomic mass is 9.47. The molecule has 1 aromatic carbocycles. The van der Waals surface area contributed by atoms with E-state index in [0.717, 1.165) is 16.9 Å². The number of allylic oxidation sites excluding steroid dienone is 3. The zero-order valence-corrected chi connectivity index (χ0v) is 23.7. The monoisotopic (exact) mass is 572 g/mol. The summed E-state index contributed by atoms with van der Waals surface area (Å²) in [5, 5.41) is 27.2. The number of esters is 1. The number of benzene rings is 1. The van der Waals surface area contributed by atoms with Gasteiger partial charge in [0.2, 0.25) is 11.4 Å². The Hall–Kier alpha value is -3.98. The first-order chi connectivity index (χ1) is 20.0. The number of aliphatic hydroxyl groups excluding tert-OH is 1. The van der Waals surface area contributed by atoms with Gasteiger partial charge in [0.25, 0.3) is 0 Å². The van der Waals surface area contributed by atoms with Crippen molar-refractivity contribution in [1.29, 1.82) is 0 Å². The second kappa shape index (κ2) is 9.01. The normalized spacial score (nSPS) is 36.5. The van der Waals surface area contributed by atoms with Crippen LogP contribution in [-0.2, 0) is 16.0 Å². The van der Waals surface area contributed by atoms with E-state index in [2.05, 4.69) is 5.10 Å². The van der Waals surface area contributed by atoms with Gasteiger partial charge in [-0.2, -0.15) is 5.10 Å². The molecule has 0 bridgehead atoms. The van der Waals surface area contributed by atoms with E-state index in [1.54, 1.807) is 19.9 Å². The number of carboxylic acids is 1. The number of aromatic nitrogens is 2. The highest BCUT2D eigenvalue weighted by atomic mass is 19.1. The fraction of sp³-hybridized carbons (Fsp3) is 0.424. The molecule has 0 aliphatic heterocycles. The molecule has 4 aliphatic carbocycles. The molecule has 9 heteroatoms. The van der Waals surface area contributed by atoms with Crippen molar-refractivity contribution in [1.82, 2.24) is 9.78 Å². The number of hydrogen-bond acceptors (Lipinski definition) is 6. The molecule has 218 valence electrons. The van der Waals surface area contributed by atoms with E-state index in [-0.39, 0.29) is 29.8 Å². The molecule has 7 rings (SSSR count). The average Bonchev–Trinajstić information content (AvgIpc) is 3.67. The summed E-state index contributed by atoms with van der Waals surface area (Å²) in [7, 11) is 0. The molecule has 0 saturated heterocycles. The Morgan fingerprint density at radius 2 is 1.93 bits per heavy atom. The summed E-state index contributed by atoms with van der Waals surface area (Å²) in [5.74, 6) is -4.36. The molecule has 2 N–H and O–H groups in total. The van der Waals surface area contributed by atoms with E-state index in [1.807, 2.05) is 54.2 Å². The molecule has 3 aromatic rings. The van der Waals surface area contributed by atoms with Gasteiger partial charge >= 0.3 is 11.9 Å². The van der Waals surface area contributed by atoms with Gasteiger partial charge in [0.05, 0.1) is 29.9 Å². The number of ether oxygens (including phenoxy) is 1. The van der Waals surface area contributed by atoms with Gasteiger partial charge in [0.1, 0.15) is 5.83 Å². The number of furan rings is 1. The van der Waals surface area contributed by atoms with Crippen LogP contribution in [0.15, 0.2) is 76.8 Å². The number of carbonyl (C=O) groups excluding carboxylic acids is 1. The quantitative estimate of drug-likeness (QED) is 0.390. The Balaban J connectivity index is 1.31. The van der Waals surface area contributed by atoms with Crippen molar-refractivity contribution >= 4 is 18.0 Å². The number of para-hydroxylation sites is 1. The van der Waals surface area contributed by atoms with Crippen LogP contribution in [0.2, 0.25) is 0 Å². The highest BCUT2D eigenvalue weighted by Gasteiger charge is 2.74. The predicted molar refractivity (Wildman–Crippen MR) is 150 cm³/mol. The summed E-state index contributed by atoms with van der Waals surface area (Å²) in [6.07, 6.45) is 6.58. The van der Waals surface area contributed by atoms with Crippen molar-refractivity contribution in [3.63, 3.8) is 0 Å². The van der Waals surface area contributed by atoms with Crippen LogP contribution in [0.25, 0.3) is 11.8 Å². The summed E-state index contributed by atoms with van der Waals surface area (Å²) in [6.45, 7) is 5.53. The van der Waals surface area contributed by atoms with Gasteiger partial charge < -0.3 is 19.4 Å². The highest BCUT2D eigenvalue weighted by Crippen LogP contribution is 2.69. The van der Waals surface area contributed by atoms with Gasteiger partial charge in [-0.3, -0.25) is 0 Å². The third-order valence-electron chi connectivity index (χ3n) is 10.9. The lowest BCUT2D eigenvalue weighted by Crippen LogP contribution is -2.63. The maximum Gasteiger partial charge on any atom is 0.375 e.